The summed E-state index contributed by atoms with van der Waals surface area (Å²) in [6.45, 7) is 6.41. The first-order chi connectivity index (χ1) is 33.0. The second-order valence-electron chi connectivity index (χ2n) is 17.7. The van der Waals surface area contributed by atoms with Gasteiger partial charge in [-0.25, -0.2) is 0 Å². The van der Waals surface area contributed by atoms with Gasteiger partial charge in [0.1, 0.15) is 13.2 Å². The molecule has 0 aromatic heterocycles. The first-order valence-corrected chi connectivity index (χ1v) is 27.2. The number of rotatable bonds is 47. The zero-order chi connectivity index (χ0) is 48.6. The lowest BCUT2D eigenvalue weighted by molar-refractivity contribution is -0.167. The molecule has 0 aromatic carbocycles. The summed E-state index contributed by atoms with van der Waals surface area (Å²) in [5.41, 5.74) is 0. The first kappa shape index (κ1) is 62.8. The van der Waals surface area contributed by atoms with E-state index in [1.807, 2.05) is 72.9 Å². The van der Waals surface area contributed by atoms with Crippen molar-refractivity contribution in [3.05, 3.63) is 122 Å². The third-order valence-electron chi connectivity index (χ3n) is 11.2. The molecule has 378 valence electrons. The van der Waals surface area contributed by atoms with Crippen LogP contribution in [0, 0.1) is 0 Å². The molecule has 0 fully saturated rings. The van der Waals surface area contributed by atoms with Crippen LogP contribution in [0.25, 0.3) is 0 Å². The summed E-state index contributed by atoms with van der Waals surface area (Å²) in [6, 6.07) is 0. The van der Waals surface area contributed by atoms with Crippen LogP contribution in [0.15, 0.2) is 122 Å². The van der Waals surface area contributed by atoms with E-state index in [0.29, 0.717) is 19.3 Å². The molecule has 0 N–H and O–H groups in total. The van der Waals surface area contributed by atoms with Crippen molar-refractivity contribution in [2.24, 2.45) is 0 Å². The predicted octanol–water partition coefficient (Wildman–Crippen LogP) is 18.1. The third-order valence-corrected chi connectivity index (χ3v) is 11.2. The highest BCUT2D eigenvalue weighted by Crippen LogP contribution is 2.14. The molecule has 1 atom stereocenters. The fourth-order valence-electron chi connectivity index (χ4n) is 7.13. The van der Waals surface area contributed by atoms with Gasteiger partial charge >= 0.3 is 17.9 Å². The molecule has 6 heteroatoms. The van der Waals surface area contributed by atoms with Crippen molar-refractivity contribution in [1.82, 2.24) is 0 Å². The molecule has 0 spiro atoms. The topological polar surface area (TPSA) is 78.9 Å². The van der Waals surface area contributed by atoms with Gasteiger partial charge in [0, 0.05) is 19.3 Å². The van der Waals surface area contributed by atoms with Crippen LogP contribution in [-0.2, 0) is 28.6 Å². The Morgan fingerprint density at radius 2 is 0.582 bits per heavy atom. The predicted molar refractivity (Wildman–Crippen MR) is 288 cm³/mol. The molecule has 0 rings (SSSR count). The Kier molecular flexibility index (Phi) is 51.0. The number of carbonyl (C=O) groups is 3. The number of hydrogen-bond donors (Lipinski definition) is 0. The molecule has 1 unspecified atom stereocenters. The molecule has 0 aliphatic rings. The van der Waals surface area contributed by atoms with Gasteiger partial charge in [-0.15, -0.1) is 0 Å². The van der Waals surface area contributed by atoms with E-state index in [0.717, 1.165) is 96.3 Å². The summed E-state index contributed by atoms with van der Waals surface area (Å²) in [6.07, 6.45) is 74.6. The molecule has 0 aliphatic heterocycles. The fourth-order valence-corrected chi connectivity index (χ4v) is 7.13. The van der Waals surface area contributed by atoms with Gasteiger partial charge in [-0.05, 0) is 64.2 Å². The SMILES string of the molecule is CC\C=C/C=C\C=C/C=C\C=C\C=C/C=C\CCCCCC(=O)OCC(COC(=O)CCCCCCCCCCCCCC)OC(=O)CCCCCCC\C=C/C=C\C=C/CCCCCCC. The lowest BCUT2D eigenvalue weighted by Crippen LogP contribution is -2.30. The van der Waals surface area contributed by atoms with Crippen LogP contribution in [0.5, 0.6) is 0 Å². The van der Waals surface area contributed by atoms with Gasteiger partial charge in [0.25, 0.3) is 0 Å². The maximum absolute atomic E-state index is 12.8. The number of ether oxygens (including phenoxy) is 3. The van der Waals surface area contributed by atoms with Crippen LogP contribution >= 0.6 is 0 Å². The van der Waals surface area contributed by atoms with E-state index in [1.165, 1.54) is 89.9 Å². The lowest BCUT2D eigenvalue weighted by Gasteiger charge is -2.18. The Bertz CT molecular complexity index is 1440. The average molecular weight is 927 g/mol. The zero-order valence-electron chi connectivity index (χ0n) is 43.1. The van der Waals surface area contributed by atoms with E-state index in [9.17, 15) is 14.4 Å². The van der Waals surface area contributed by atoms with E-state index < -0.39 is 6.10 Å². The first-order valence-electron chi connectivity index (χ1n) is 27.2. The Morgan fingerprint density at radius 3 is 0.925 bits per heavy atom. The monoisotopic (exact) mass is 927 g/mol. The Balaban J connectivity index is 4.54. The van der Waals surface area contributed by atoms with Crippen LogP contribution in [0.1, 0.15) is 226 Å². The van der Waals surface area contributed by atoms with Gasteiger partial charge < -0.3 is 14.2 Å². The minimum absolute atomic E-state index is 0.103. The van der Waals surface area contributed by atoms with Gasteiger partial charge in [-0.3, -0.25) is 14.4 Å². The zero-order valence-corrected chi connectivity index (χ0v) is 43.1. The van der Waals surface area contributed by atoms with E-state index in [1.54, 1.807) is 0 Å². The summed E-state index contributed by atoms with van der Waals surface area (Å²) < 4.78 is 16.8. The second-order valence-corrected chi connectivity index (χ2v) is 17.7. The Hall–Kier alpha value is -4.19. The third kappa shape index (κ3) is 52.6. The number of esters is 3. The molecule has 0 radical (unpaired) electrons. The number of unbranched alkanes of at least 4 members (excludes halogenated alkanes) is 24. The van der Waals surface area contributed by atoms with Crippen LogP contribution in [0.3, 0.4) is 0 Å². The van der Waals surface area contributed by atoms with Crippen molar-refractivity contribution in [3.8, 4) is 0 Å². The van der Waals surface area contributed by atoms with Crippen LogP contribution in [0.4, 0.5) is 0 Å². The minimum atomic E-state index is -0.810. The maximum atomic E-state index is 12.8. The molecule has 0 saturated carbocycles. The van der Waals surface area contributed by atoms with Crippen molar-refractivity contribution in [2.45, 2.75) is 232 Å². The molecule has 0 aliphatic carbocycles. The van der Waals surface area contributed by atoms with Gasteiger partial charge in [-0.2, -0.15) is 0 Å². The van der Waals surface area contributed by atoms with E-state index in [2.05, 4.69) is 69.4 Å². The summed E-state index contributed by atoms with van der Waals surface area (Å²) in [4.78, 5) is 38.1. The second kappa shape index (κ2) is 54.4. The molecule has 0 bridgehead atoms. The molecule has 6 nitrogen and oxygen atoms in total. The highest BCUT2D eigenvalue weighted by Gasteiger charge is 2.19. The normalized spacial score (nSPS) is 13.1. The van der Waals surface area contributed by atoms with Crippen LogP contribution in [-0.4, -0.2) is 37.2 Å². The highest BCUT2D eigenvalue weighted by atomic mass is 16.6. The molecular weight excluding hydrogens is 829 g/mol. The summed E-state index contributed by atoms with van der Waals surface area (Å²) in [7, 11) is 0. The highest BCUT2D eigenvalue weighted by molar-refractivity contribution is 5.71. The molecule has 67 heavy (non-hydrogen) atoms. The van der Waals surface area contributed by atoms with Gasteiger partial charge in [0.15, 0.2) is 6.10 Å². The number of carbonyl (C=O) groups excluding carboxylic acids is 3. The number of hydrogen-bond acceptors (Lipinski definition) is 6. The van der Waals surface area contributed by atoms with E-state index >= 15 is 0 Å². The minimum Gasteiger partial charge on any atom is -0.462 e. The van der Waals surface area contributed by atoms with Gasteiger partial charge in [0.2, 0.25) is 0 Å². The van der Waals surface area contributed by atoms with Crippen molar-refractivity contribution >= 4 is 17.9 Å². The summed E-state index contributed by atoms with van der Waals surface area (Å²) >= 11 is 0. The standard InChI is InChI=1S/C61H98O6/c1-4-7-10-13-16-19-22-25-27-29-31-33-34-36-39-42-45-48-51-54-60(63)66-57-58(56-65-59(62)53-50-47-44-41-38-24-21-18-15-12-9-6-3)67-61(64)55-52-49-46-43-40-37-35-32-30-28-26-23-20-17-14-11-8-5-2/h7,10,13,16,19,22-23,25-36,39,58H,4-6,8-9,11-12,14-15,17-18,20-21,24,37-38,40-57H2,1-3H3/b10-7-,16-13-,22-19-,26-23-,27-25-,30-28-,31-29+,34-33-,35-32-,39-36-. The van der Waals surface area contributed by atoms with Crippen molar-refractivity contribution in [1.29, 1.82) is 0 Å². The van der Waals surface area contributed by atoms with Crippen LogP contribution in [0.2, 0.25) is 0 Å². The molecule has 0 aromatic rings. The fraction of sp³-hybridized carbons (Fsp3) is 0.623. The molecule has 0 amide bonds. The molecule has 0 saturated heterocycles. The summed E-state index contributed by atoms with van der Waals surface area (Å²) in [5, 5.41) is 0. The Labute approximate surface area is 412 Å². The van der Waals surface area contributed by atoms with Crippen molar-refractivity contribution in [3.63, 3.8) is 0 Å². The van der Waals surface area contributed by atoms with E-state index in [-0.39, 0.29) is 31.1 Å². The van der Waals surface area contributed by atoms with Crippen molar-refractivity contribution in [2.75, 3.05) is 13.2 Å². The van der Waals surface area contributed by atoms with Crippen LogP contribution < -0.4 is 0 Å². The lowest BCUT2D eigenvalue weighted by atomic mass is 10.0. The smallest absolute Gasteiger partial charge is 0.306 e. The summed E-state index contributed by atoms with van der Waals surface area (Å²) in [5.74, 6) is -0.973. The average Bonchev–Trinajstić information content (AvgIpc) is 3.33. The number of allylic oxidation sites excluding steroid dienone is 20. The molecule has 0 heterocycles. The quantitative estimate of drug-likeness (QED) is 0.0262. The maximum Gasteiger partial charge on any atom is 0.306 e. The largest absolute Gasteiger partial charge is 0.462 e. The van der Waals surface area contributed by atoms with Gasteiger partial charge in [0.05, 0.1) is 0 Å². The molecular formula is C61H98O6. The van der Waals surface area contributed by atoms with E-state index in [4.69, 9.17) is 14.2 Å². The Morgan fingerprint density at radius 1 is 0.313 bits per heavy atom. The van der Waals surface area contributed by atoms with Gasteiger partial charge in [-0.1, -0.05) is 264 Å². The van der Waals surface area contributed by atoms with Crippen molar-refractivity contribution < 1.29 is 28.6 Å².